The largest absolute Gasteiger partial charge is 0.375 e. The third kappa shape index (κ3) is 2.60. The van der Waals surface area contributed by atoms with Crippen molar-refractivity contribution >= 4 is 5.91 Å². The lowest BCUT2D eigenvalue weighted by Crippen LogP contribution is -2.46. The van der Waals surface area contributed by atoms with E-state index in [1.54, 1.807) is 18.2 Å². The molecule has 1 amide bonds. The van der Waals surface area contributed by atoms with Gasteiger partial charge in [-0.25, -0.2) is 4.39 Å². The molecule has 6 heteroatoms. The summed E-state index contributed by atoms with van der Waals surface area (Å²) in [5.41, 5.74) is 1.20. The van der Waals surface area contributed by atoms with E-state index in [9.17, 15) is 9.18 Å². The lowest BCUT2D eigenvalue weighted by molar-refractivity contribution is -0.0387. The summed E-state index contributed by atoms with van der Waals surface area (Å²) in [6, 6.07) is 6.40. The molecule has 0 bridgehead atoms. The third-order valence-electron chi connectivity index (χ3n) is 5.16. The maximum Gasteiger partial charge on any atom is 0.257 e. The van der Waals surface area contributed by atoms with E-state index in [1.165, 1.54) is 12.3 Å². The Morgan fingerprint density at radius 2 is 2.04 bits per heavy atom. The minimum Gasteiger partial charge on any atom is -0.375 e. The number of nitrogens with one attached hydrogen (secondary N) is 1. The van der Waals surface area contributed by atoms with Gasteiger partial charge in [-0.3, -0.25) is 9.89 Å². The van der Waals surface area contributed by atoms with Crippen LogP contribution in [-0.2, 0) is 4.74 Å². The number of H-pyrrole nitrogens is 1. The smallest absolute Gasteiger partial charge is 0.257 e. The third-order valence-corrected chi connectivity index (χ3v) is 5.16. The van der Waals surface area contributed by atoms with Crippen LogP contribution in [0.3, 0.4) is 0 Å². The molecule has 0 unspecified atom stereocenters. The minimum absolute atomic E-state index is 0.0262. The molecular formula is C18H20FN3O2. The molecule has 126 valence electrons. The molecule has 0 aliphatic carbocycles. The van der Waals surface area contributed by atoms with Crippen molar-refractivity contribution in [3.8, 4) is 11.3 Å². The maximum atomic E-state index is 14.0. The number of nitrogens with zero attached hydrogens (tertiary/aromatic N) is 2. The van der Waals surface area contributed by atoms with Gasteiger partial charge in [0, 0.05) is 25.3 Å². The van der Waals surface area contributed by atoms with E-state index in [-0.39, 0.29) is 17.3 Å². The van der Waals surface area contributed by atoms with Crippen LogP contribution in [0.2, 0.25) is 0 Å². The van der Waals surface area contributed by atoms with Gasteiger partial charge in [0.1, 0.15) is 5.82 Å². The van der Waals surface area contributed by atoms with Gasteiger partial charge in [-0.05, 0) is 37.8 Å². The highest BCUT2D eigenvalue weighted by Crippen LogP contribution is 2.36. The van der Waals surface area contributed by atoms with Crippen LogP contribution in [0.1, 0.15) is 36.0 Å². The van der Waals surface area contributed by atoms with Gasteiger partial charge in [0.2, 0.25) is 0 Å². The molecule has 2 saturated heterocycles. The van der Waals surface area contributed by atoms with Gasteiger partial charge in [-0.1, -0.05) is 12.1 Å². The lowest BCUT2D eigenvalue weighted by Gasteiger charge is -2.38. The van der Waals surface area contributed by atoms with Gasteiger partial charge in [0.15, 0.2) is 0 Å². The molecule has 2 aliphatic rings. The van der Waals surface area contributed by atoms with E-state index in [1.807, 2.05) is 4.90 Å². The highest BCUT2D eigenvalue weighted by Gasteiger charge is 2.39. The lowest BCUT2D eigenvalue weighted by atomic mass is 9.88. The number of aromatic nitrogens is 2. The van der Waals surface area contributed by atoms with Crippen molar-refractivity contribution in [1.29, 1.82) is 0 Å². The number of amides is 1. The summed E-state index contributed by atoms with van der Waals surface area (Å²) in [7, 11) is 0. The standard InChI is InChI=1S/C18H20FN3O2/c19-15-5-2-1-4-13(15)16-14(12-20-21-16)17(23)22-9-7-18(8-10-22)6-3-11-24-18/h1-2,4-5,12H,3,6-11H2,(H,20,21). The number of ether oxygens (including phenoxy) is 1. The minimum atomic E-state index is -0.368. The fraction of sp³-hybridized carbons (Fsp3) is 0.444. The van der Waals surface area contributed by atoms with E-state index < -0.39 is 0 Å². The Morgan fingerprint density at radius 1 is 1.25 bits per heavy atom. The van der Waals surface area contributed by atoms with E-state index in [0.717, 1.165) is 32.3 Å². The van der Waals surface area contributed by atoms with Gasteiger partial charge in [0.05, 0.1) is 23.1 Å². The molecule has 2 aromatic rings. The van der Waals surface area contributed by atoms with Gasteiger partial charge >= 0.3 is 0 Å². The van der Waals surface area contributed by atoms with Gasteiger partial charge in [-0.2, -0.15) is 5.10 Å². The Kier molecular flexibility index (Phi) is 3.84. The number of rotatable bonds is 2. The highest BCUT2D eigenvalue weighted by molar-refractivity contribution is 5.99. The molecular weight excluding hydrogens is 309 g/mol. The molecule has 3 heterocycles. The second-order valence-corrected chi connectivity index (χ2v) is 6.57. The number of hydrogen-bond donors (Lipinski definition) is 1. The summed E-state index contributed by atoms with van der Waals surface area (Å²) >= 11 is 0. The average molecular weight is 329 g/mol. The van der Waals surface area contributed by atoms with Crippen LogP contribution in [0.15, 0.2) is 30.5 Å². The van der Waals surface area contributed by atoms with Crippen molar-refractivity contribution in [3.63, 3.8) is 0 Å². The summed E-state index contributed by atoms with van der Waals surface area (Å²) in [4.78, 5) is 14.7. The molecule has 2 aliphatic heterocycles. The van der Waals surface area contributed by atoms with Gasteiger partial charge < -0.3 is 9.64 Å². The monoisotopic (exact) mass is 329 g/mol. The SMILES string of the molecule is O=C(c1cn[nH]c1-c1ccccc1F)N1CCC2(CCCO2)CC1. The van der Waals surface area contributed by atoms with Crippen LogP contribution < -0.4 is 0 Å². The molecule has 4 rings (SSSR count). The summed E-state index contributed by atoms with van der Waals surface area (Å²) in [5, 5.41) is 6.73. The number of piperidine rings is 1. The number of halogens is 1. The molecule has 1 N–H and O–H groups in total. The van der Waals surface area contributed by atoms with E-state index in [4.69, 9.17) is 4.74 Å². The fourth-order valence-corrected chi connectivity index (χ4v) is 3.75. The van der Waals surface area contributed by atoms with E-state index in [2.05, 4.69) is 10.2 Å². The number of likely N-dealkylation sites (tertiary alicyclic amines) is 1. The fourth-order valence-electron chi connectivity index (χ4n) is 3.75. The van der Waals surface area contributed by atoms with Crippen LogP contribution in [0.25, 0.3) is 11.3 Å². The predicted molar refractivity (Wildman–Crippen MR) is 87.0 cm³/mol. The molecule has 1 spiro atoms. The number of benzene rings is 1. The second kappa shape index (κ2) is 6.02. The zero-order valence-electron chi connectivity index (χ0n) is 13.4. The van der Waals surface area contributed by atoms with Gasteiger partial charge in [-0.15, -0.1) is 0 Å². The van der Waals surface area contributed by atoms with Crippen molar-refractivity contribution in [2.75, 3.05) is 19.7 Å². The zero-order valence-corrected chi connectivity index (χ0v) is 13.4. The molecule has 5 nitrogen and oxygen atoms in total. The Hall–Kier alpha value is -2.21. The van der Waals surface area contributed by atoms with Crippen molar-refractivity contribution in [1.82, 2.24) is 15.1 Å². The molecule has 2 fully saturated rings. The molecule has 0 saturated carbocycles. The Morgan fingerprint density at radius 3 is 2.75 bits per heavy atom. The molecule has 1 aromatic carbocycles. The van der Waals surface area contributed by atoms with Crippen LogP contribution in [0.5, 0.6) is 0 Å². The Balaban J connectivity index is 1.54. The number of aromatic amines is 1. The Bertz CT molecular complexity index is 742. The maximum absolute atomic E-state index is 14.0. The summed E-state index contributed by atoms with van der Waals surface area (Å²) in [6.45, 7) is 2.16. The summed E-state index contributed by atoms with van der Waals surface area (Å²) in [5.74, 6) is -0.470. The first kappa shape index (κ1) is 15.3. The van der Waals surface area contributed by atoms with Crippen molar-refractivity contribution in [2.45, 2.75) is 31.3 Å². The van der Waals surface area contributed by atoms with Crippen LogP contribution in [0, 0.1) is 5.82 Å². The predicted octanol–water partition coefficient (Wildman–Crippen LogP) is 3.00. The average Bonchev–Trinajstić information content (AvgIpc) is 3.25. The first-order valence-electron chi connectivity index (χ1n) is 8.40. The zero-order chi connectivity index (χ0) is 16.6. The summed E-state index contributed by atoms with van der Waals surface area (Å²) < 4.78 is 20.0. The van der Waals surface area contributed by atoms with Crippen molar-refractivity contribution < 1.29 is 13.9 Å². The van der Waals surface area contributed by atoms with E-state index >= 15 is 0 Å². The number of carbonyl (C=O) groups is 1. The molecule has 1 aromatic heterocycles. The van der Waals surface area contributed by atoms with E-state index in [0.29, 0.717) is 29.9 Å². The topological polar surface area (TPSA) is 58.2 Å². The van der Waals surface area contributed by atoms with Crippen molar-refractivity contribution in [3.05, 3.63) is 41.8 Å². The first-order chi connectivity index (χ1) is 11.7. The van der Waals surface area contributed by atoms with Crippen LogP contribution in [0.4, 0.5) is 4.39 Å². The highest BCUT2D eigenvalue weighted by atomic mass is 19.1. The van der Waals surface area contributed by atoms with Crippen molar-refractivity contribution in [2.24, 2.45) is 0 Å². The molecule has 0 radical (unpaired) electrons. The first-order valence-corrected chi connectivity index (χ1v) is 8.40. The molecule has 0 atom stereocenters. The van der Waals surface area contributed by atoms with Crippen LogP contribution >= 0.6 is 0 Å². The normalized spacial score (nSPS) is 19.8. The van der Waals surface area contributed by atoms with Gasteiger partial charge in [0.25, 0.3) is 5.91 Å². The summed E-state index contributed by atoms with van der Waals surface area (Å²) in [6.07, 6.45) is 5.41. The molecule has 24 heavy (non-hydrogen) atoms. The second-order valence-electron chi connectivity index (χ2n) is 6.57. The number of carbonyl (C=O) groups excluding carboxylic acids is 1. The Labute approximate surface area is 139 Å². The number of hydrogen-bond acceptors (Lipinski definition) is 3. The van der Waals surface area contributed by atoms with Crippen LogP contribution in [-0.4, -0.2) is 46.3 Å². The quantitative estimate of drug-likeness (QED) is 0.921.